The molecule has 2 bridgehead atoms. The molecule has 3 aliphatic rings. The zero-order chi connectivity index (χ0) is 25.3. The Bertz CT molecular complexity index is 858. The SMILES string of the molecule is CN(C)[C@@H]1CC[C@@]2([C@@H](O)CNC(=O)CC3(O)CCCCC3)C[C@H](c3ccccc3)C[C@](C)(O2)[C@H]1O. The molecule has 1 aromatic carbocycles. The summed E-state index contributed by atoms with van der Waals surface area (Å²) in [5.41, 5.74) is -1.46. The molecule has 1 aliphatic carbocycles. The van der Waals surface area contributed by atoms with Crippen molar-refractivity contribution in [2.75, 3.05) is 20.6 Å². The first kappa shape index (κ1) is 26.6. The van der Waals surface area contributed by atoms with Crippen molar-refractivity contribution in [2.24, 2.45) is 0 Å². The van der Waals surface area contributed by atoms with Gasteiger partial charge in [-0.15, -0.1) is 0 Å². The number of hydrogen-bond acceptors (Lipinski definition) is 6. The molecule has 2 heterocycles. The van der Waals surface area contributed by atoms with E-state index in [0.717, 1.165) is 19.3 Å². The number of carbonyl (C=O) groups is 1. The van der Waals surface area contributed by atoms with Crippen LogP contribution in [0, 0.1) is 0 Å². The molecule has 1 amide bonds. The lowest BCUT2D eigenvalue weighted by molar-refractivity contribution is -0.250. The number of nitrogens with zero attached hydrogens (tertiary/aromatic N) is 1. The van der Waals surface area contributed by atoms with E-state index in [9.17, 15) is 20.1 Å². The fourth-order valence-electron chi connectivity index (χ4n) is 6.83. The van der Waals surface area contributed by atoms with E-state index in [2.05, 4.69) is 17.4 Å². The van der Waals surface area contributed by atoms with Gasteiger partial charge < -0.3 is 30.3 Å². The Kier molecular flexibility index (Phi) is 7.94. The molecular formula is C28H44N2O5. The molecule has 7 nitrogen and oxygen atoms in total. The van der Waals surface area contributed by atoms with E-state index in [4.69, 9.17) is 4.74 Å². The maximum Gasteiger partial charge on any atom is 0.222 e. The van der Waals surface area contributed by atoms with E-state index in [1.54, 1.807) is 0 Å². The van der Waals surface area contributed by atoms with Gasteiger partial charge in [-0.3, -0.25) is 4.79 Å². The number of ether oxygens (including phenoxy) is 1. The van der Waals surface area contributed by atoms with Gasteiger partial charge in [-0.05, 0) is 71.0 Å². The van der Waals surface area contributed by atoms with E-state index in [1.807, 2.05) is 44.1 Å². The summed E-state index contributed by atoms with van der Waals surface area (Å²) in [5, 5.41) is 36.6. The van der Waals surface area contributed by atoms with E-state index in [-0.39, 0.29) is 30.8 Å². The molecule has 2 aliphatic heterocycles. The summed E-state index contributed by atoms with van der Waals surface area (Å²) < 4.78 is 6.70. The van der Waals surface area contributed by atoms with Gasteiger partial charge in [0.25, 0.3) is 0 Å². The van der Waals surface area contributed by atoms with Crippen molar-refractivity contribution in [1.29, 1.82) is 0 Å². The summed E-state index contributed by atoms with van der Waals surface area (Å²) in [4.78, 5) is 14.8. The molecule has 6 atom stereocenters. The van der Waals surface area contributed by atoms with E-state index < -0.39 is 29.0 Å². The highest BCUT2D eigenvalue weighted by Gasteiger charge is 2.57. The normalized spacial score (nSPS) is 35.8. The Morgan fingerprint density at radius 2 is 1.83 bits per heavy atom. The fraction of sp³-hybridized carbons (Fsp3) is 0.750. The molecule has 0 aromatic heterocycles. The molecule has 35 heavy (non-hydrogen) atoms. The van der Waals surface area contributed by atoms with Crippen LogP contribution in [0.1, 0.15) is 82.6 Å². The summed E-state index contributed by atoms with van der Waals surface area (Å²) in [7, 11) is 3.95. The number of nitrogens with one attached hydrogen (secondary N) is 1. The highest BCUT2D eigenvalue weighted by molar-refractivity contribution is 5.77. The fourth-order valence-corrected chi connectivity index (χ4v) is 6.83. The van der Waals surface area contributed by atoms with Crippen LogP contribution in [0.5, 0.6) is 0 Å². The number of benzene rings is 1. The predicted molar refractivity (Wildman–Crippen MR) is 135 cm³/mol. The summed E-state index contributed by atoms with van der Waals surface area (Å²) >= 11 is 0. The summed E-state index contributed by atoms with van der Waals surface area (Å²) in [5.74, 6) is -0.110. The molecule has 4 rings (SSSR count). The van der Waals surface area contributed by atoms with Gasteiger partial charge in [0.2, 0.25) is 5.91 Å². The zero-order valence-corrected chi connectivity index (χ0v) is 21.6. The molecule has 0 unspecified atom stereocenters. The second kappa shape index (κ2) is 10.5. The second-order valence-electron chi connectivity index (χ2n) is 11.8. The highest BCUT2D eigenvalue weighted by atomic mass is 16.6. The van der Waals surface area contributed by atoms with Crippen LogP contribution in [0.4, 0.5) is 0 Å². The monoisotopic (exact) mass is 488 g/mol. The molecule has 1 saturated carbocycles. The molecule has 0 spiro atoms. The lowest BCUT2D eigenvalue weighted by atomic mass is 9.72. The summed E-state index contributed by atoms with van der Waals surface area (Å²) in [6.45, 7) is 2.03. The number of likely N-dealkylation sites (N-methyl/N-ethyl adjacent to an activating group) is 1. The van der Waals surface area contributed by atoms with Crippen LogP contribution in [0.15, 0.2) is 30.3 Å². The first-order valence-corrected chi connectivity index (χ1v) is 13.3. The topological polar surface area (TPSA) is 102 Å². The molecule has 7 heteroatoms. The molecule has 1 aromatic rings. The molecule has 4 N–H and O–H groups in total. The molecule has 3 fully saturated rings. The molecule has 196 valence electrons. The van der Waals surface area contributed by atoms with Crippen molar-refractivity contribution in [1.82, 2.24) is 10.2 Å². The summed E-state index contributed by atoms with van der Waals surface area (Å²) in [6, 6.07) is 10.2. The highest BCUT2D eigenvalue weighted by Crippen LogP contribution is 2.51. The van der Waals surface area contributed by atoms with Crippen molar-refractivity contribution in [3.05, 3.63) is 35.9 Å². The van der Waals surface area contributed by atoms with E-state index in [0.29, 0.717) is 38.5 Å². The predicted octanol–water partition coefficient (Wildman–Crippen LogP) is 2.73. The van der Waals surface area contributed by atoms with Crippen LogP contribution < -0.4 is 5.32 Å². The third-order valence-corrected chi connectivity index (χ3v) is 8.84. The lowest BCUT2D eigenvalue weighted by Gasteiger charge is -2.52. The number of fused-ring (bicyclic) bond motifs is 2. The quantitative estimate of drug-likeness (QED) is 0.471. The first-order valence-electron chi connectivity index (χ1n) is 13.3. The minimum atomic E-state index is -0.935. The number of aliphatic hydroxyl groups excluding tert-OH is 2. The van der Waals surface area contributed by atoms with Crippen LogP contribution in [-0.2, 0) is 9.53 Å². The number of hydrogen-bond donors (Lipinski definition) is 4. The molecule has 0 radical (unpaired) electrons. The Hall–Kier alpha value is -1.51. The maximum absolute atomic E-state index is 12.7. The Morgan fingerprint density at radius 1 is 1.14 bits per heavy atom. The average Bonchev–Trinajstić information content (AvgIpc) is 2.90. The van der Waals surface area contributed by atoms with Crippen LogP contribution in [0.2, 0.25) is 0 Å². The summed E-state index contributed by atoms with van der Waals surface area (Å²) in [6.07, 6.45) is 5.30. The molecular weight excluding hydrogens is 444 g/mol. The van der Waals surface area contributed by atoms with Gasteiger partial charge in [0, 0.05) is 12.6 Å². The number of aliphatic hydroxyl groups is 3. The van der Waals surface area contributed by atoms with Gasteiger partial charge in [0.1, 0.15) is 6.10 Å². The Morgan fingerprint density at radius 3 is 2.49 bits per heavy atom. The molecule has 2 saturated heterocycles. The van der Waals surface area contributed by atoms with Crippen molar-refractivity contribution in [2.45, 2.75) is 112 Å². The lowest BCUT2D eigenvalue weighted by Crippen LogP contribution is -2.61. The Balaban J connectivity index is 1.53. The van der Waals surface area contributed by atoms with Crippen molar-refractivity contribution >= 4 is 5.91 Å². The van der Waals surface area contributed by atoms with Crippen LogP contribution in [0.3, 0.4) is 0 Å². The van der Waals surface area contributed by atoms with Crippen LogP contribution in [-0.4, -0.2) is 81.8 Å². The zero-order valence-electron chi connectivity index (χ0n) is 21.6. The first-order chi connectivity index (χ1) is 16.6. The minimum Gasteiger partial charge on any atom is -0.389 e. The largest absolute Gasteiger partial charge is 0.389 e. The average molecular weight is 489 g/mol. The number of rotatable bonds is 7. The third kappa shape index (κ3) is 5.75. The van der Waals surface area contributed by atoms with Crippen molar-refractivity contribution < 1.29 is 24.9 Å². The van der Waals surface area contributed by atoms with E-state index >= 15 is 0 Å². The van der Waals surface area contributed by atoms with E-state index in [1.165, 1.54) is 5.56 Å². The van der Waals surface area contributed by atoms with Gasteiger partial charge in [-0.2, -0.15) is 0 Å². The van der Waals surface area contributed by atoms with Gasteiger partial charge >= 0.3 is 0 Å². The maximum atomic E-state index is 12.7. The van der Waals surface area contributed by atoms with Gasteiger partial charge in [0.05, 0.1) is 29.3 Å². The Labute approximate surface area is 209 Å². The number of amides is 1. The smallest absolute Gasteiger partial charge is 0.222 e. The standard InChI is InChI=1S/C28H44N2O5/c1-26-16-21(20-10-6-4-7-11-20)17-28(35-26,15-12-22(25(26)33)30(2)3)23(31)19-29-24(32)18-27(34)13-8-5-9-14-27/h4,6-7,10-11,21-23,25,31,33-34H,5,8-9,12-19H2,1-3H3,(H,29,32)/t21-,22-,23+,25+,26+,28+/m1/s1. The van der Waals surface area contributed by atoms with Crippen LogP contribution >= 0.6 is 0 Å². The van der Waals surface area contributed by atoms with Crippen molar-refractivity contribution in [3.8, 4) is 0 Å². The minimum absolute atomic E-state index is 0.0647. The number of carbonyl (C=O) groups excluding carboxylic acids is 1. The second-order valence-corrected chi connectivity index (χ2v) is 11.8. The van der Waals surface area contributed by atoms with Gasteiger partial charge in [-0.1, -0.05) is 49.6 Å². The van der Waals surface area contributed by atoms with Crippen molar-refractivity contribution in [3.63, 3.8) is 0 Å². The third-order valence-electron chi connectivity index (χ3n) is 8.84. The van der Waals surface area contributed by atoms with Gasteiger partial charge in [0.15, 0.2) is 0 Å². The van der Waals surface area contributed by atoms with Crippen LogP contribution in [0.25, 0.3) is 0 Å². The van der Waals surface area contributed by atoms with Gasteiger partial charge in [-0.25, -0.2) is 0 Å².